The van der Waals surface area contributed by atoms with E-state index >= 15 is 0 Å². The van der Waals surface area contributed by atoms with Crippen molar-refractivity contribution in [3.05, 3.63) is 34.1 Å². The highest BCUT2D eigenvalue weighted by atomic mass is 32.2. The van der Waals surface area contributed by atoms with Crippen molar-refractivity contribution in [2.24, 2.45) is 0 Å². The van der Waals surface area contributed by atoms with E-state index < -0.39 is 16.4 Å². The molecule has 2 rings (SSSR count). The van der Waals surface area contributed by atoms with Crippen LogP contribution in [0, 0.1) is 15.9 Å². The Hall–Kier alpha value is -1.30. The Bertz CT molecular complexity index is 484. The maximum absolute atomic E-state index is 13.7. The van der Waals surface area contributed by atoms with Crippen LogP contribution < -0.4 is 4.90 Å². The van der Waals surface area contributed by atoms with Gasteiger partial charge < -0.3 is 4.90 Å². The third-order valence-electron chi connectivity index (χ3n) is 3.52. The van der Waals surface area contributed by atoms with Gasteiger partial charge in [0.05, 0.1) is 4.92 Å². The summed E-state index contributed by atoms with van der Waals surface area (Å²) in [4.78, 5) is 12.5. The topological polar surface area (TPSA) is 46.4 Å². The molecule has 0 aliphatic carbocycles. The molecule has 1 aliphatic heterocycles. The SMILES string of the molecule is CCSC1CCCCN(c2cccc(F)c2[N+](=O)[O-])C1. The van der Waals surface area contributed by atoms with Crippen LogP contribution in [-0.2, 0) is 0 Å². The minimum atomic E-state index is -0.753. The van der Waals surface area contributed by atoms with Crippen molar-refractivity contribution in [3.8, 4) is 0 Å². The molecule has 110 valence electrons. The molecule has 4 nitrogen and oxygen atoms in total. The predicted octanol–water partition coefficient (Wildman–Crippen LogP) is 3.85. The van der Waals surface area contributed by atoms with Gasteiger partial charge in [0.25, 0.3) is 0 Å². The summed E-state index contributed by atoms with van der Waals surface area (Å²) in [6.45, 7) is 3.62. The summed E-state index contributed by atoms with van der Waals surface area (Å²) in [7, 11) is 0. The fraction of sp³-hybridized carbons (Fsp3) is 0.571. The van der Waals surface area contributed by atoms with E-state index in [-0.39, 0.29) is 0 Å². The van der Waals surface area contributed by atoms with E-state index in [2.05, 4.69) is 6.92 Å². The fourth-order valence-corrected chi connectivity index (χ4v) is 3.72. The molecule has 1 aromatic carbocycles. The first-order chi connectivity index (χ1) is 9.63. The van der Waals surface area contributed by atoms with E-state index in [1.807, 2.05) is 16.7 Å². The number of nitro groups is 1. The van der Waals surface area contributed by atoms with Gasteiger partial charge in [-0.1, -0.05) is 19.4 Å². The van der Waals surface area contributed by atoms with Gasteiger partial charge in [0, 0.05) is 18.3 Å². The second kappa shape index (κ2) is 6.92. The zero-order chi connectivity index (χ0) is 14.5. The zero-order valence-corrected chi connectivity index (χ0v) is 12.4. The van der Waals surface area contributed by atoms with Gasteiger partial charge in [0.1, 0.15) is 5.69 Å². The fourth-order valence-electron chi connectivity index (χ4n) is 2.63. The van der Waals surface area contributed by atoms with Gasteiger partial charge in [-0.25, -0.2) is 0 Å². The monoisotopic (exact) mass is 298 g/mol. The van der Waals surface area contributed by atoms with E-state index in [1.54, 1.807) is 12.1 Å². The van der Waals surface area contributed by atoms with Gasteiger partial charge in [-0.3, -0.25) is 10.1 Å². The Morgan fingerprint density at radius 1 is 1.50 bits per heavy atom. The number of anilines is 1. The van der Waals surface area contributed by atoms with Crippen LogP contribution in [0.15, 0.2) is 18.2 Å². The van der Waals surface area contributed by atoms with Gasteiger partial charge >= 0.3 is 5.69 Å². The van der Waals surface area contributed by atoms with Gasteiger partial charge in [0.2, 0.25) is 5.82 Å². The molecule has 0 aromatic heterocycles. The van der Waals surface area contributed by atoms with Crippen LogP contribution >= 0.6 is 11.8 Å². The molecule has 0 radical (unpaired) electrons. The first kappa shape index (κ1) is 15.1. The predicted molar refractivity (Wildman–Crippen MR) is 81.0 cm³/mol. The number of benzene rings is 1. The molecule has 1 saturated heterocycles. The van der Waals surface area contributed by atoms with Crippen LogP contribution in [0.5, 0.6) is 0 Å². The van der Waals surface area contributed by atoms with E-state index in [1.165, 1.54) is 0 Å². The molecule has 1 aromatic rings. The molecule has 1 heterocycles. The highest BCUT2D eigenvalue weighted by Crippen LogP contribution is 2.33. The highest BCUT2D eigenvalue weighted by Gasteiger charge is 2.27. The van der Waals surface area contributed by atoms with Crippen molar-refractivity contribution in [3.63, 3.8) is 0 Å². The summed E-state index contributed by atoms with van der Waals surface area (Å²) < 4.78 is 13.7. The number of halogens is 1. The second-order valence-electron chi connectivity index (χ2n) is 4.88. The third kappa shape index (κ3) is 3.42. The van der Waals surface area contributed by atoms with Gasteiger partial charge in [0.15, 0.2) is 0 Å². The molecular formula is C14H19FN2O2S. The van der Waals surface area contributed by atoms with Crippen LogP contribution in [0.25, 0.3) is 0 Å². The summed E-state index contributed by atoms with van der Waals surface area (Å²) in [6, 6.07) is 4.35. The zero-order valence-electron chi connectivity index (χ0n) is 11.5. The lowest BCUT2D eigenvalue weighted by molar-refractivity contribution is -0.386. The normalized spacial score (nSPS) is 19.7. The van der Waals surface area contributed by atoms with Crippen molar-refractivity contribution < 1.29 is 9.31 Å². The average Bonchev–Trinajstić information content (AvgIpc) is 2.64. The first-order valence-corrected chi connectivity index (χ1v) is 7.97. The van der Waals surface area contributed by atoms with E-state index in [0.29, 0.717) is 10.9 Å². The van der Waals surface area contributed by atoms with E-state index in [4.69, 9.17) is 0 Å². The molecule has 1 aliphatic rings. The number of thioether (sulfide) groups is 1. The van der Waals surface area contributed by atoms with Crippen molar-refractivity contribution in [2.75, 3.05) is 23.7 Å². The summed E-state index contributed by atoms with van der Waals surface area (Å²) in [5.41, 5.74) is 0.0215. The smallest absolute Gasteiger partial charge is 0.327 e. The van der Waals surface area contributed by atoms with E-state index in [9.17, 15) is 14.5 Å². The average molecular weight is 298 g/mol. The number of para-hydroxylation sites is 1. The van der Waals surface area contributed by atoms with Crippen LogP contribution in [0.3, 0.4) is 0 Å². The van der Waals surface area contributed by atoms with Crippen molar-refractivity contribution in [1.82, 2.24) is 0 Å². The quantitative estimate of drug-likeness (QED) is 0.626. The molecule has 6 heteroatoms. The van der Waals surface area contributed by atoms with Crippen molar-refractivity contribution >= 4 is 23.1 Å². The summed E-state index contributed by atoms with van der Waals surface area (Å²) in [6.07, 6.45) is 3.24. The second-order valence-corrected chi connectivity index (χ2v) is 6.46. The highest BCUT2D eigenvalue weighted by molar-refractivity contribution is 7.99. The molecule has 1 unspecified atom stereocenters. The van der Waals surface area contributed by atoms with Crippen LogP contribution in [0.2, 0.25) is 0 Å². The first-order valence-electron chi connectivity index (χ1n) is 6.93. The minimum Gasteiger partial charge on any atom is -0.365 e. The Morgan fingerprint density at radius 3 is 3.00 bits per heavy atom. The summed E-state index contributed by atoms with van der Waals surface area (Å²) in [5, 5.41) is 11.6. The van der Waals surface area contributed by atoms with Crippen LogP contribution in [-0.4, -0.2) is 29.0 Å². The van der Waals surface area contributed by atoms with Crippen molar-refractivity contribution in [1.29, 1.82) is 0 Å². The standard InChI is InChI=1S/C14H19FN2O2S/c1-2-20-11-6-3-4-9-16(10-11)13-8-5-7-12(15)14(13)17(18)19/h5,7-8,11H,2-4,6,9-10H2,1H3. The van der Waals surface area contributed by atoms with Gasteiger partial charge in [-0.2, -0.15) is 16.2 Å². The molecule has 0 saturated carbocycles. The Balaban J connectivity index is 2.29. The Morgan fingerprint density at radius 2 is 2.30 bits per heavy atom. The largest absolute Gasteiger partial charge is 0.365 e. The lowest BCUT2D eigenvalue weighted by Gasteiger charge is -2.25. The number of hydrogen-bond donors (Lipinski definition) is 0. The molecule has 0 amide bonds. The molecule has 20 heavy (non-hydrogen) atoms. The van der Waals surface area contributed by atoms with Crippen LogP contribution in [0.4, 0.5) is 15.8 Å². The molecule has 0 bridgehead atoms. The number of rotatable bonds is 4. The number of nitro benzene ring substituents is 1. The van der Waals surface area contributed by atoms with Crippen LogP contribution in [0.1, 0.15) is 26.2 Å². The van der Waals surface area contributed by atoms with Crippen molar-refractivity contribution in [2.45, 2.75) is 31.4 Å². The lowest BCUT2D eigenvalue weighted by Crippen LogP contribution is -2.30. The Kier molecular flexibility index (Phi) is 5.23. The number of hydrogen-bond acceptors (Lipinski definition) is 4. The molecule has 1 atom stereocenters. The van der Waals surface area contributed by atoms with E-state index in [0.717, 1.165) is 44.2 Å². The lowest BCUT2D eigenvalue weighted by atomic mass is 10.2. The summed E-state index contributed by atoms with van der Waals surface area (Å²) in [5.74, 6) is 0.278. The van der Waals surface area contributed by atoms with Gasteiger partial charge in [-0.15, -0.1) is 0 Å². The Labute approximate surface area is 122 Å². The minimum absolute atomic E-state index is 0.394. The molecule has 1 fully saturated rings. The maximum Gasteiger partial charge on any atom is 0.327 e. The number of nitrogens with zero attached hydrogens (tertiary/aromatic N) is 2. The summed E-state index contributed by atoms with van der Waals surface area (Å²) >= 11 is 1.88. The molecule has 0 spiro atoms. The van der Waals surface area contributed by atoms with Gasteiger partial charge in [-0.05, 0) is 30.7 Å². The molecule has 0 N–H and O–H groups in total. The molecular weight excluding hydrogens is 279 g/mol. The third-order valence-corrected chi connectivity index (χ3v) is 4.71. The maximum atomic E-state index is 13.7.